The van der Waals surface area contributed by atoms with Crippen LogP contribution in [0.2, 0.25) is 0 Å². The molecule has 0 unspecified atom stereocenters. The van der Waals surface area contributed by atoms with E-state index in [4.69, 9.17) is 4.98 Å². The second-order valence-corrected chi connectivity index (χ2v) is 8.95. The molecule has 0 saturated heterocycles. The average molecular weight is 490 g/mol. The molecule has 8 heteroatoms. The van der Waals surface area contributed by atoms with Crippen LogP contribution < -0.4 is 5.32 Å². The van der Waals surface area contributed by atoms with E-state index in [-0.39, 0.29) is 5.82 Å². The van der Waals surface area contributed by atoms with Gasteiger partial charge in [-0.15, -0.1) is 0 Å². The molecular weight excluding hydrogens is 465 g/mol. The van der Waals surface area contributed by atoms with Crippen LogP contribution in [-0.2, 0) is 0 Å². The third-order valence-corrected chi connectivity index (χ3v) is 6.28. The van der Waals surface area contributed by atoms with E-state index in [0.29, 0.717) is 11.5 Å². The summed E-state index contributed by atoms with van der Waals surface area (Å²) in [5.74, 6) is 0.340. The number of allylic oxidation sites excluding steroid dienone is 1. The number of fused-ring (bicyclic) bond motifs is 2. The Morgan fingerprint density at radius 1 is 0.919 bits per heavy atom. The number of hydrogen-bond acceptors (Lipinski definition) is 5. The number of H-pyrrole nitrogens is 2. The van der Waals surface area contributed by atoms with Gasteiger partial charge in [0.1, 0.15) is 11.5 Å². The molecule has 0 amide bonds. The lowest BCUT2D eigenvalue weighted by Crippen LogP contribution is -1.98. The summed E-state index contributed by atoms with van der Waals surface area (Å²) in [7, 11) is 0. The van der Waals surface area contributed by atoms with Crippen molar-refractivity contribution in [3.63, 3.8) is 0 Å². The van der Waals surface area contributed by atoms with Crippen molar-refractivity contribution in [2.24, 2.45) is 0 Å². The summed E-state index contributed by atoms with van der Waals surface area (Å²) in [5, 5.41) is 11.9. The minimum atomic E-state index is -0.284. The van der Waals surface area contributed by atoms with Crippen molar-refractivity contribution in [1.82, 2.24) is 30.1 Å². The number of anilines is 1. The highest BCUT2D eigenvalue weighted by Crippen LogP contribution is 2.33. The Balaban J connectivity index is 1.40. The van der Waals surface area contributed by atoms with Gasteiger partial charge in [-0.3, -0.25) is 15.1 Å². The Morgan fingerprint density at radius 2 is 1.73 bits per heavy atom. The molecule has 0 radical (unpaired) electrons. The first-order chi connectivity index (χ1) is 18.1. The topological polar surface area (TPSA) is 95.2 Å². The highest BCUT2D eigenvalue weighted by molar-refractivity contribution is 5.98. The molecule has 37 heavy (non-hydrogen) atoms. The van der Waals surface area contributed by atoms with Crippen molar-refractivity contribution in [3.05, 3.63) is 91.4 Å². The Kier molecular flexibility index (Phi) is 5.69. The molecule has 0 bridgehead atoms. The van der Waals surface area contributed by atoms with Gasteiger partial charge in [-0.2, -0.15) is 5.10 Å². The van der Waals surface area contributed by atoms with E-state index in [2.05, 4.69) is 56.1 Å². The van der Waals surface area contributed by atoms with Gasteiger partial charge in [0, 0.05) is 34.6 Å². The van der Waals surface area contributed by atoms with Crippen LogP contribution in [0.1, 0.15) is 19.8 Å². The van der Waals surface area contributed by atoms with Gasteiger partial charge in [0.25, 0.3) is 0 Å². The Labute approximate surface area is 212 Å². The van der Waals surface area contributed by atoms with Crippen LogP contribution in [-0.4, -0.2) is 30.1 Å². The molecule has 4 heterocycles. The lowest BCUT2D eigenvalue weighted by molar-refractivity contribution is 0.628. The number of aromatic nitrogens is 6. The predicted octanol–water partition coefficient (Wildman–Crippen LogP) is 7.10. The second-order valence-electron chi connectivity index (χ2n) is 8.95. The summed E-state index contributed by atoms with van der Waals surface area (Å²) in [6, 6.07) is 14.5. The SMILES string of the molecule is C=C(CCC)Nc1cncc(-c2ccc3[nH]nc(-c4nc5c(-c6ccc(F)cc6)cncc5[nH]4)c3c2)c1. The zero-order valence-corrected chi connectivity index (χ0v) is 20.2. The number of hydrogen-bond donors (Lipinski definition) is 3. The van der Waals surface area contributed by atoms with Gasteiger partial charge in [0.2, 0.25) is 0 Å². The molecule has 0 saturated carbocycles. The van der Waals surface area contributed by atoms with Crippen molar-refractivity contribution >= 4 is 27.6 Å². The molecule has 2 aromatic carbocycles. The van der Waals surface area contributed by atoms with Crippen molar-refractivity contribution in [2.75, 3.05) is 5.32 Å². The molecule has 0 atom stereocenters. The summed E-state index contributed by atoms with van der Waals surface area (Å²) in [5.41, 5.74) is 8.66. The van der Waals surface area contributed by atoms with Gasteiger partial charge in [-0.25, -0.2) is 9.37 Å². The monoisotopic (exact) mass is 489 g/mol. The van der Waals surface area contributed by atoms with Gasteiger partial charge >= 0.3 is 0 Å². The molecule has 0 aliphatic carbocycles. The molecule has 4 aromatic heterocycles. The molecule has 0 fully saturated rings. The van der Waals surface area contributed by atoms with Crippen LogP contribution in [0.4, 0.5) is 10.1 Å². The maximum atomic E-state index is 13.5. The molecule has 6 aromatic rings. The number of benzene rings is 2. The highest BCUT2D eigenvalue weighted by atomic mass is 19.1. The van der Waals surface area contributed by atoms with Crippen molar-refractivity contribution in [2.45, 2.75) is 19.8 Å². The lowest BCUT2D eigenvalue weighted by atomic mass is 10.0. The summed E-state index contributed by atoms with van der Waals surface area (Å²) in [6.07, 6.45) is 9.05. The van der Waals surface area contributed by atoms with Gasteiger partial charge in [-0.05, 0) is 47.9 Å². The van der Waals surface area contributed by atoms with Crippen molar-refractivity contribution < 1.29 is 4.39 Å². The van der Waals surface area contributed by atoms with E-state index in [0.717, 1.165) is 68.4 Å². The molecule has 0 spiro atoms. The highest BCUT2D eigenvalue weighted by Gasteiger charge is 2.16. The van der Waals surface area contributed by atoms with Crippen LogP contribution in [0.5, 0.6) is 0 Å². The summed E-state index contributed by atoms with van der Waals surface area (Å²) in [4.78, 5) is 17.0. The second kappa shape index (κ2) is 9.31. The number of pyridine rings is 2. The number of imidazole rings is 1. The van der Waals surface area contributed by atoms with E-state index in [9.17, 15) is 4.39 Å². The fourth-order valence-corrected chi connectivity index (χ4v) is 4.49. The molecular formula is C29H24FN7. The van der Waals surface area contributed by atoms with Gasteiger partial charge < -0.3 is 10.3 Å². The van der Waals surface area contributed by atoms with Gasteiger partial charge in [0.15, 0.2) is 5.82 Å². The lowest BCUT2D eigenvalue weighted by Gasteiger charge is -2.10. The molecule has 182 valence electrons. The van der Waals surface area contributed by atoms with Crippen LogP contribution in [0, 0.1) is 5.82 Å². The number of aromatic amines is 2. The van der Waals surface area contributed by atoms with Crippen molar-refractivity contribution in [3.8, 4) is 33.8 Å². The van der Waals surface area contributed by atoms with Gasteiger partial charge in [-0.1, -0.05) is 38.1 Å². The Bertz CT molecular complexity index is 1750. The number of nitrogens with one attached hydrogen (secondary N) is 3. The average Bonchev–Trinajstić information content (AvgIpc) is 3.53. The van der Waals surface area contributed by atoms with Crippen LogP contribution in [0.3, 0.4) is 0 Å². The Hall–Kier alpha value is -4.85. The summed E-state index contributed by atoms with van der Waals surface area (Å²) < 4.78 is 13.5. The fourth-order valence-electron chi connectivity index (χ4n) is 4.49. The third-order valence-electron chi connectivity index (χ3n) is 6.28. The maximum Gasteiger partial charge on any atom is 0.159 e. The van der Waals surface area contributed by atoms with Crippen LogP contribution in [0.25, 0.3) is 55.7 Å². The van der Waals surface area contributed by atoms with Gasteiger partial charge in [0.05, 0.1) is 34.6 Å². The number of nitrogens with zero attached hydrogens (tertiary/aromatic N) is 4. The first-order valence-corrected chi connectivity index (χ1v) is 12.1. The first kappa shape index (κ1) is 22.6. The van der Waals surface area contributed by atoms with Crippen LogP contribution in [0.15, 0.2) is 85.6 Å². The van der Waals surface area contributed by atoms with Crippen molar-refractivity contribution in [1.29, 1.82) is 0 Å². The quantitative estimate of drug-likeness (QED) is 0.222. The molecule has 0 aliphatic rings. The maximum absolute atomic E-state index is 13.5. The molecule has 0 aliphatic heterocycles. The minimum Gasteiger partial charge on any atom is -0.358 e. The zero-order chi connectivity index (χ0) is 25.4. The summed E-state index contributed by atoms with van der Waals surface area (Å²) in [6.45, 7) is 6.21. The minimum absolute atomic E-state index is 0.284. The standard InChI is InChI=1S/C29H24FN7/c1-3-4-17(2)33-22-11-20(13-31-14-22)19-7-10-25-23(12-19)28(37-36-25)29-34-26-16-32-15-24(27(26)35-29)18-5-8-21(30)9-6-18/h5-16,33H,2-4H2,1H3,(H,34,35)(H,36,37). The summed E-state index contributed by atoms with van der Waals surface area (Å²) >= 11 is 0. The van der Waals surface area contributed by atoms with E-state index in [1.165, 1.54) is 12.1 Å². The van der Waals surface area contributed by atoms with E-state index in [1.54, 1.807) is 30.7 Å². The molecule has 3 N–H and O–H groups in total. The number of halogens is 1. The molecule has 7 nitrogen and oxygen atoms in total. The number of rotatable bonds is 7. The first-order valence-electron chi connectivity index (χ1n) is 12.1. The third kappa shape index (κ3) is 4.33. The smallest absolute Gasteiger partial charge is 0.159 e. The Morgan fingerprint density at radius 3 is 2.57 bits per heavy atom. The molecule has 6 rings (SSSR count). The van der Waals surface area contributed by atoms with E-state index >= 15 is 0 Å². The van der Waals surface area contributed by atoms with Crippen LogP contribution >= 0.6 is 0 Å². The van der Waals surface area contributed by atoms with E-state index < -0.39 is 0 Å². The zero-order valence-electron chi connectivity index (χ0n) is 20.2. The largest absolute Gasteiger partial charge is 0.358 e. The van der Waals surface area contributed by atoms with E-state index in [1.807, 2.05) is 18.3 Å². The fraction of sp³-hybridized carbons (Fsp3) is 0.103. The normalized spacial score (nSPS) is 11.3. The predicted molar refractivity (Wildman–Crippen MR) is 145 cm³/mol.